The molecule has 6 nitrogen and oxygen atoms in total. The molecule has 146 valence electrons. The van der Waals surface area contributed by atoms with Crippen LogP contribution in [0.25, 0.3) is 0 Å². The molecule has 4 N–H and O–H groups in total. The van der Waals surface area contributed by atoms with Crippen LogP contribution in [0.1, 0.15) is 38.5 Å². The van der Waals surface area contributed by atoms with E-state index in [0.717, 1.165) is 31.4 Å². The second-order valence-corrected chi connectivity index (χ2v) is 7.08. The summed E-state index contributed by atoms with van der Waals surface area (Å²) < 4.78 is 11.2. The molecule has 2 aliphatic rings. The van der Waals surface area contributed by atoms with Crippen LogP contribution in [-0.4, -0.2) is 43.0 Å². The Bertz CT molecular complexity index is 575. The van der Waals surface area contributed by atoms with Crippen molar-refractivity contribution in [1.29, 1.82) is 0 Å². The molecule has 1 aliphatic heterocycles. The average molecular weight is 385 g/mol. The van der Waals surface area contributed by atoms with Crippen LogP contribution in [0.2, 0.25) is 0 Å². The first-order valence-electron chi connectivity index (χ1n) is 9.17. The van der Waals surface area contributed by atoms with Gasteiger partial charge in [0.1, 0.15) is 11.9 Å². The number of amides is 1. The SMILES string of the molecule is Cl.NCC1(C(=O)Nc2ccc(OC3CCCCC3O)cc2)CCOCC1. The fourth-order valence-electron chi connectivity index (χ4n) is 3.56. The van der Waals surface area contributed by atoms with E-state index >= 15 is 0 Å². The number of nitrogens with two attached hydrogens (primary N) is 1. The van der Waals surface area contributed by atoms with E-state index in [9.17, 15) is 9.90 Å². The van der Waals surface area contributed by atoms with Crippen molar-refractivity contribution >= 4 is 24.0 Å². The van der Waals surface area contributed by atoms with Gasteiger partial charge in [-0.15, -0.1) is 12.4 Å². The van der Waals surface area contributed by atoms with Gasteiger partial charge in [0, 0.05) is 25.4 Å². The summed E-state index contributed by atoms with van der Waals surface area (Å²) in [6, 6.07) is 7.31. The molecule has 0 bridgehead atoms. The highest BCUT2D eigenvalue weighted by Gasteiger charge is 2.38. The van der Waals surface area contributed by atoms with Crippen molar-refractivity contribution in [3.63, 3.8) is 0 Å². The zero-order valence-corrected chi connectivity index (χ0v) is 15.8. The maximum Gasteiger partial charge on any atom is 0.232 e. The monoisotopic (exact) mass is 384 g/mol. The lowest BCUT2D eigenvalue weighted by Gasteiger charge is -2.34. The molecule has 1 amide bonds. The van der Waals surface area contributed by atoms with E-state index in [2.05, 4.69) is 5.32 Å². The first-order chi connectivity index (χ1) is 12.1. The minimum absolute atomic E-state index is 0. The quantitative estimate of drug-likeness (QED) is 0.725. The Morgan fingerprint density at radius 1 is 1.23 bits per heavy atom. The Morgan fingerprint density at radius 2 is 1.88 bits per heavy atom. The standard InChI is InChI=1S/C19H28N2O4.ClH/c20-13-19(9-11-24-12-10-19)18(23)21-14-5-7-15(8-6-14)25-17-4-2-1-3-16(17)22;/h5-8,16-17,22H,1-4,9-13,20H2,(H,21,23);1H. The predicted molar refractivity (Wildman–Crippen MR) is 103 cm³/mol. The molecule has 3 rings (SSSR count). The molecule has 1 saturated carbocycles. The molecule has 1 aromatic rings. The normalized spacial score (nSPS) is 25.0. The first-order valence-corrected chi connectivity index (χ1v) is 9.17. The smallest absolute Gasteiger partial charge is 0.232 e. The van der Waals surface area contributed by atoms with Gasteiger partial charge in [-0.05, 0) is 56.4 Å². The van der Waals surface area contributed by atoms with E-state index in [-0.39, 0.29) is 24.4 Å². The van der Waals surface area contributed by atoms with Crippen molar-refractivity contribution in [2.24, 2.45) is 11.1 Å². The Balaban J connectivity index is 0.00000243. The zero-order chi connectivity index (χ0) is 17.7. The molecule has 2 fully saturated rings. The molecule has 0 aromatic heterocycles. The number of rotatable bonds is 5. The van der Waals surface area contributed by atoms with Crippen LogP contribution >= 0.6 is 12.4 Å². The Morgan fingerprint density at radius 3 is 2.50 bits per heavy atom. The first kappa shape index (κ1) is 21.0. The van der Waals surface area contributed by atoms with Gasteiger partial charge in [-0.2, -0.15) is 0 Å². The summed E-state index contributed by atoms with van der Waals surface area (Å²) in [7, 11) is 0. The number of benzene rings is 1. The summed E-state index contributed by atoms with van der Waals surface area (Å²) in [5, 5.41) is 13.0. The van der Waals surface area contributed by atoms with E-state index in [0.29, 0.717) is 38.3 Å². The number of anilines is 1. The van der Waals surface area contributed by atoms with Gasteiger partial charge >= 0.3 is 0 Å². The van der Waals surface area contributed by atoms with E-state index in [4.69, 9.17) is 15.2 Å². The number of aliphatic hydroxyl groups is 1. The highest BCUT2D eigenvalue weighted by atomic mass is 35.5. The van der Waals surface area contributed by atoms with Crippen LogP contribution in [0.4, 0.5) is 5.69 Å². The number of aliphatic hydroxyl groups excluding tert-OH is 1. The van der Waals surface area contributed by atoms with Crippen LogP contribution < -0.4 is 15.8 Å². The number of hydrogen-bond acceptors (Lipinski definition) is 5. The maximum absolute atomic E-state index is 12.7. The third-order valence-electron chi connectivity index (χ3n) is 5.39. The van der Waals surface area contributed by atoms with Crippen LogP contribution in [0.3, 0.4) is 0 Å². The number of ether oxygens (including phenoxy) is 2. The number of carbonyl (C=O) groups excluding carboxylic acids is 1. The molecule has 26 heavy (non-hydrogen) atoms. The summed E-state index contributed by atoms with van der Waals surface area (Å²) in [5.74, 6) is 0.665. The number of nitrogens with one attached hydrogen (secondary N) is 1. The predicted octanol–water partition coefficient (Wildman–Crippen LogP) is 2.48. The zero-order valence-electron chi connectivity index (χ0n) is 15.0. The highest BCUT2D eigenvalue weighted by molar-refractivity contribution is 5.95. The summed E-state index contributed by atoms with van der Waals surface area (Å²) in [6.45, 7) is 1.46. The third-order valence-corrected chi connectivity index (χ3v) is 5.39. The van der Waals surface area contributed by atoms with E-state index in [1.807, 2.05) is 24.3 Å². The summed E-state index contributed by atoms with van der Waals surface area (Å²) in [5.41, 5.74) is 6.05. The molecule has 2 atom stereocenters. The van der Waals surface area contributed by atoms with Crippen LogP contribution in [0, 0.1) is 5.41 Å². The average Bonchev–Trinajstić information content (AvgIpc) is 2.65. The molecule has 2 unspecified atom stereocenters. The minimum Gasteiger partial charge on any atom is -0.488 e. The molecule has 0 spiro atoms. The number of carbonyl (C=O) groups is 1. The van der Waals surface area contributed by atoms with Gasteiger partial charge in [-0.25, -0.2) is 0 Å². The summed E-state index contributed by atoms with van der Waals surface area (Å²) in [4.78, 5) is 12.7. The molecular formula is C19H29ClN2O4. The van der Waals surface area contributed by atoms with Crippen LogP contribution in [0.15, 0.2) is 24.3 Å². The Labute approximate surface area is 160 Å². The molecular weight excluding hydrogens is 356 g/mol. The fourth-order valence-corrected chi connectivity index (χ4v) is 3.56. The van der Waals surface area contributed by atoms with E-state index in [1.54, 1.807) is 0 Å². The molecule has 1 heterocycles. The van der Waals surface area contributed by atoms with Crippen molar-refractivity contribution in [3.05, 3.63) is 24.3 Å². The van der Waals surface area contributed by atoms with Crippen molar-refractivity contribution in [1.82, 2.24) is 0 Å². The van der Waals surface area contributed by atoms with Gasteiger partial charge in [-0.1, -0.05) is 6.42 Å². The largest absolute Gasteiger partial charge is 0.488 e. The highest BCUT2D eigenvalue weighted by Crippen LogP contribution is 2.31. The maximum atomic E-state index is 12.7. The van der Waals surface area contributed by atoms with Crippen LogP contribution in [0.5, 0.6) is 5.75 Å². The van der Waals surface area contributed by atoms with Gasteiger partial charge in [0.15, 0.2) is 0 Å². The van der Waals surface area contributed by atoms with E-state index in [1.165, 1.54) is 0 Å². The number of hydrogen-bond donors (Lipinski definition) is 3. The lowest BCUT2D eigenvalue weighted by molar-refractivity contribution is -0.130. The van der Waals surface area contributed by atoms with Gasteiger partial charge in [0.25, 0.3) is 0 Å². The van der Waals surface area contributed by atoms with Crippen molar-refractivity contribution in [2.45, 2.75) is 50.7 Å². The Hall–Kier alpha value is -1.34. The molecule has 7 heteroatoms. The van der Waals surface area contributed by atoms with Crippen LogP contribution in [-0.2, 0) is 9.53 Å². The Kier molecular flexibility index (Phi) is 7.70. The van der Waals surface area contributed by atoms with Crippen molar-refractivity contribution < 1.29 is 19.4 Å². The second kappa shape index (κ2) is 9.55. The molecule has 1 saturated heterocycles. The van der Waals surface area contributed by atoms with Crippen molar-refractivity contribution in [3.8, 4) is 5.75 Å². The summed E-state index contributed by atoms with van der Waals surface area (Å²) in [6.07, 6.45) is 4.57. The van der Waals surface area contributed by atoms with E-state index < -0.39 is 11.5 Å². The second-order valence-electron chi connectivity index (χ2n) is 7.08. The minimum atomic E-state index is -0.542. The lowest BCUT2D eigenvalue weighted by atomic mass is 9.79. The molecule has 0 radical (unpaired) electrons. The lowest BCUT2D eigenvalue weighted by Crippen LogP contribution is -2.46. The molecule has 1 aliphatic carbocycles. The summed E-state index contributed by atoms with van der Waals surface area (Å²) >= 11 is 0. The molecule has 1 aromatic carbocycles. The van der Waals surface area contributed by atoms with Gasteiger partial charge in [0.05, 0.1) is 11.5 Å². The third kappa shape index (κ3) is 4.88. The topological polar surface area (TPSA) is 93.8 Å². The van der Waals surface area contributed by atoms with Gasteiger partial charge in [-0.3, -0.25) is 4.79 Å². The van der Waals surface area contributed by atoms with Crippen molar-refractivity contribution in [2.75, 3.05) is 25.1 Å². The van der Waals surface area contributed by atoms with Gasteiger partial charge in [0.2, 0.25) is 5.91 Å². The van der Waals surface area contributed by atoms with Gasteiger partial charge < -0.3 is 25.6 Å². The number of halogens is 1. The fraction of sp³-hybridized carbons (Fsp3) is 0.632.